The third kappa shape index (κ3) is 3.12. The highest BCUT2D eigenvalue weighted by atomic mass is 14.8. The lowest BCUT2D eigenvalue weighted by Crippen LogP contribution is -2.43. The normalized spacial score (nSPS) is 31.8. The third-order valence-electron chi connectivity index (χ3n) is 1.87. The summed E-state index contributed by atoms with van der Waals surface area (Å²) in [5.74, 6) is 0. The fourth-order valence-electron chi connectivity index (χ4n) is 1.19. The molecule has 10 heavy (non-hydrogen) atoms. The third-order valence-corrected chi connectivity index (χ3v) is 1.87. The molecule has 1 saturated carbocycles. The Morgan fingerprint density at radius 3 is 1.30 bits per heavy atom. The maximum Gasteiger partial charge on any atom is 0.0192 e. The summed E-state index contributed by atoms with van der Waals surface area (Å²) in [6.07, 6.45) is 4.80. The summed E-state index contributed by atoms with van der Waals surface area (Å²) in [5.41, 5.74) is 11.3. The van der Waals surface area contributed by atoms with E-state index < -0.39 is 0 Å². The summed E-state index contributed by atoms with van der Waals surface area (Å²) in [7, 11) is 0. The molecular weight excluding hydrogens is 128 g/mol. The summed E-state index contributed by atoms with van der Waals surface area (Å²) in [4.78, 5) is 0. The molecule has 0 spiro atoms. The van der Waals surface area contributed by atoms with Gasteiger partial charge in [0.1, 0.15) is 0 Å². The van der Waals surface area contributed by atoms with Crippen molar-refractivity contribution in [2.45, 2.75) is 37.8 Å². The van der Waals surface area contributed by atoms with E-state index >= 15 is 0 Å². The zero-order valence-corrected chi connectivity index (χ0v) is 6.55. The molecule has 0 aromatic carbocycles. The van der Waals surface area contributed by atoms with E-state index in [-0.39, 0.29) is 24.4 Å². The van der Waals surface area contributed by atoms with Crippen LogP contribution in [-0.4, -0.2) is 12.1 Å². The van der Waals surface area contributed by atoms with Crippen molar-refractivity contribution in [1.29, 1.82) is 0 Å². The second-order valence-electron chi connectivity index (χ2n) is 2.61. The Kier molecular flexibility index (Phi) is 7.02. The van der Waals surface area contributed by atoms with Crippen molar-refractivity contribution < 1.29 is 0 Å². The second-order valence-corrected chi connectivity index (χ2v) is 2.61. The van der Waals surface area contributed by atoms with Crippen LogP contribution in [-0.2, 0) is 0 Å². The SMILES string of the molecule is N.N.N[C@H]1CCCC[C@@H]1N. The van der Waals surface area contributed by atoms with E-state index in [1.165, 1.54) is 12.8 Å². The maximum atomic E-state index is 5.65. The molecule has 0 aromatic rings. The first-order valence-electron chi connectivity index (χ1n) is 3.32. The molecule has 0 saturated heterocycles. The maximum absolute atomic E-state index is 5.65. The number of hydrogen-bond acceptors (Lipinski definition) is 4. The van der Waals surface area contributed by atoms with Gasteiger partial charge >= 0.3 is 0 Å². The molecule has 0 unspecified atom stereocenters. The molecule has 2 atom stereocenters. The van der Waals surface area contributed by atoms with Crippen LogP contribution in [0.3, 0.4) is 0 Å². The monoisotopic (exact) mass is 148 g/mol. The molecule has 1 fully saturated rings. The van der Waals surface area contributed by atoms with Crippen molar-refractivity contribution >= 4 is 0 Å². The van der Waals surface area contributed by atoms with Gasteiger partial charge in [-0.2, -0.15) is 0 Å². The van der Waals surface area contributed by atoms with Gasteiger partial charge in [-0.3, -0.25) is 0 Å². The van der Waals surface area contributed by atoms with Crippen LogP contribution in [0.5, 0.6) is 0 Å². The molecule has 4 heteroatoms. The van der Waals surface area contributed by atoms with Gasteiger partial charge < -0.3 is 23.8 Å². The Balaban J connectivity index is 0. The highest BCUT2D eigenvalue weighted by Gasteiger charge is 2.16. The van der Waals surface area contributed by atoms with Crippen molar-refractivity contribution in [3.63, 3.8) is 0 Å². The van der Waals surface area contributed by atoms with Gasteiger partial charge in [-0.05, 0) is 12.8 Å². The highest BCUT2D eigenvalue weighted by Crippen LogP contribution is 2.14. The fraction of sp³-hybridized carbons (Fsp3) is 1.00. The van der Waals surface area contributed by atoms with Crippen LogP contribution in [0.25, 0.3) is 0 Å². The van der Waals surface area contributed by atoms with Gasteiger partial charge in [0.15, 0.2) is 0 Å². The molecule has 1 rings (SSSR count). The first-order chi connectivity index (χ1) is 3.80. The smallest absolute Gasteiger partial charge is 0.0192 e. The first-order valence-corrected chi connectivity index (χ1v) is 3.32. The topological polar surface area (TPSA) is 122 Å². The van der Waals surface area contributed by atoms with Gasteiger partial charge in [-0.25, -0.2) is 0 Å². The van der Waals surface area contributed by atoms with E-state index in [9.17, 15) is 0 Å². The van der Waals surface area contributed by atoms with Crippen LogP contribution < -0.4 is 23.8 Å². The molecule has 64 valence electrons. The average Bonchev–Trinajstić information content (AvgIpc) is 1.77. The van der Waals surface area contributed by atoms with Crippen LogP contribution in [0, 0.1) is 0 Å². The molecule has 1 aliphatic carbocycles. The van der Waals surface area contributed by atoms with E-state index in [2.05, 4.69) is 0 Å². The second kappa shape index (κ2) is 5.61. The Morgan fingerprint density at radius 1 is 0.800 bits per heavy atom. The lowest BCUT2D eigenvalue weighted by atomic mass is 9.92. The van der Waals surface area contributed by atoms with Crippen molar-refractivity contribution in [3.05, 3.63) is 0 Å². The molecule has 0 heterocycles. The molecular formula is C6H20N4. The molecule has 0 amide bonds. The van der Waals surface area contributed by atoms with E-state index in [0.717, 1.165) is 12.8 Å². The van der Waals surface area contributed by atoms with E-state index in [1.807, 2.05) is 0 Å². The van der Waals surface area contributed by atoms with E-state index in [0.29, 0.717) is 0 Å². The van der Waals surface area contributed by atoms with E-state index in [1.54, 1.807) is 0 Å². The van der Waals surface area contributed by atoms with Crippen molar-refractivity contribution in [2.75, 3.05) is 0 Å². The molecule has 0 aromatic heterocycles. The predicted octanol–water partition coefficient (Wildman–Crippen LogP) is 0.539. The molecule has 1 aliphatic rings. The van der Waals surface area contributed by atoms with Crippen LogP contribution >= 0.6 is 0 Å². The summed E-state index contributed by atoms with van der Waals surface area (Å²) in [5, 5.41) is 0. The zero-order chi connectivity index (χ0) is 5.98. The van der Waals surface area contributed by atoms with Gasteiger partial charge in [0.25, 0.3) is 0 Å². The summed E-state index contributed by atoms with van der Waals surface area (Å²) in [6, 6.07) is 0.562. The summed E-state index contributed by atoms with van der Waals surface area (Å²) < 4.78 is 0. The predicted molar refractivity (Wildman–Crippen MR) is 44.5 cm³/mol. The zero-order valence-electron chi connectivity index (χ0n) is 6.55. The largest absolute Gasteiger partial charge is 0.344 e. The molecule has 4 nitrogen and oxygen atoms in total. The molecule has 0 aliphatic heterocycles. The molecule has 10 N–H and O–H groups in total. The average molecular weight is 148 g/mol. The summed E-state index contributed by atoms with van der Waals surface area (Å²) >= 11 is 0. The lowest BCUT2D eigenvalue weighted by Gasteiger charge is -2.24. The van der Waals surface area contributed by atoms with Crippen LogP contribution in [0.2, 0.25) is 0 Å². The Morgan fingerprint density at radius 2 is 1.10 bits per heavy atom. The van der Waals surface area contributed by atoms with Gasteiger partial charge in [0.2, 0.25) is 0 Å². The molecule has 0 radical (unpaired) electrons. The Hall–Kier alpha value is -0.160. The van der Waals surface area contributed by atoms with Gasteiger partial charge in [-0.1, -0.05) is 12.8 Å². The van der Waals surface area contributed by atoms with Crippen LogP contribution in [0.15, 0.2) is 0 Å². The van der Waals surface area contributed by atoms with Crippen molar-refractivity contribution in [3.8, 4) is 0 Å². The Bertz CT molecular complexity index is 66.1. The summed E-state index contributed by atoms with van der Waals surface area (Å²) in [6.45, 7) is 0. The number of rotatable bonds is 0. The van der Waals surface area contributed by atoms with Gasteiger partial charge in [0, 0.05) is 12.1 Å². The van der Waals surface area contributed by atoms with Crippen molar-refractivity contribution in [2.24, 2.45) is 11.5 Å². The molecule has 0 bridgehead atoms. The van der Waals surface area contributed by atoms with Gasteiger partial charge in [-0.15, -0.1) is 0 Å². The minimum absolute atomic E-state index is 0. The highest BCUT2D eigenvalue weighted by molar-refractivity contribution is 4.79. The minimum Gasteiger partial charge on any atom is -0.344 e. The van der Waals surface area contributed by atoms with Crippen LogP contribution in [0.4, 0.5) is 0 Å². The van der Waals surface area contributed by atoms with Gasteiger partial charge in [0.05, 0.1) is 0 Å². The minimum atomic E-state index is 0. The standard InChI is InChI=1S/C6H14N2.2H3N/c7-5-3-1-2-4-6(5)8;;/h5-6H,1-4,7-8H2;2*1H3/t5-,6-;;/m0../s1. The first kappa shape index (κ1) is 12.5. The van der Waals surface area contributed by atoms with Crippen LogP contribution in [0.1, 0.15) is 25.7 Å². The Labute approximate surface area is 62.5 Å². The van der Waals surface area contributed by atoms with Crippen molar-refractivity contribution in [1.82, 2.24) is 12.3 Å². The number of nitrogens with two attached hydrogens (primary N) is 2. The fourth-order valence-corrected chi connectivity index (χ4v) is 1.19. The lowest BCUT2D eigenvalue weighted by molar-refractivity contribution is 0.385. The van der Waals surface area contributed by atoms with E-state index in [4.69, 9.17) is 11.5 Å². The number of hydrogen-bond donors (Lipinski definition) is 4. The quantitative estimate of drug-likeness (QED) is 0.400.